The van der Waals surface area contributed by atoms with E-state index in [1.165, 1.54) is 5.56 Å². The predicted molar refractivity (Wildman–Crippen MR) is 93.0 cm³/mol. The van der Waals surface area contributed by atoms with Crippen molar-refractivity contribution in [3.05, 3.63) is 52.7 Å². The minimum atomic E-state index is -0.528. The normalized spacial score (nSPS) is 14.2. The molecule has 126 valence electrons. The van der Waals surface area contributed by atoms with E-state index < -0.39 is 5.91 Å². The first-order chi connectivity index (χ1) is 11.4. The summed E-state index contributed by atoms with van der Waals surface area (Å²) in [7, 11) is 0. The number of rotatable bonds is 2. The number of carbonyl (C=O) groups excluding carboxylic acids is 1. The van der Waals surface area contributed by atoms with E-state index in [0.717, 1.165) is 29.8 Å². The molecule has 0 radical (unpaired) electrons. The average Bonchev–Trinajstić information content (AvgIpc) is 2.59. The van der Waals surface area contributed by atoms with E-state index in [0.29, 0.717) is 17.8 Å². The highest BCUT2D eigenvalue weighted by atomic mass is 16.5. The van der Waals surface area contributed by atoms with E-state index in [2.05, 4.69) is 38.2 Å². The monoisotopic (exact) mass is 325 g/mol. The number of benzene rings is 1. The van der Waals surface area contributed by atoms with E-state index in [1.54, 1.807) is 5.48 Å². The van der Waals surface area contributed by atoms with Gasteiger partial charge in [-0.3, -0.25) is 15.0 Å². The molecule has 5 nitrogen and oxygen atoms in total. The maximum Gasteiger partial charge on any atom is 0.276 e. The molecule has 24 heavy (non-hydrogen) atoms. The molecule has 0 aliphatic carbocycles. The number of hydrogen-bond donors (Lipinski definition) is 3. The Kier molecular flexibility index (Phi) is 4.39. The first-order valence-electron chi connectivity index (χ1n) is 8.19. The van der Waals surface area contributed by atoms with Crippen LogP contribution in [0.4, 0.5) is 0 Å². The Labute approximate surface area is 142 Å². The minimum Gasteiger partial charge on any atom is -0.311 e. The smallest absolute Gasteiger partial charge is 0.276 e. The lowest BCUT2D eigenvalue weighted by Crippen LogP contribution is -2.27. The molecule has 1 aromatic carbocycles. The SMILES string of the molecule is CC(C)(C)c1cccc(-c2nc3c(cc2C(=O)NO)CCNC3)c1. The van der Waals surface area contributed by atoms with Crippen LogP contribution in [0.1, 0.15) is 48.0 Å². The summed E-state index contributed by atoms with van der Waals surface area (Å²) in [6.45, 7) is 8.02. The van der Waals surface area contributed by atoms with Crippen LogP contribution < -0.4 is 10.8 Å². The lowest BCUT2D eigenvalue weighted by Gasteiger charge is -2.22. The summed E-state index contributed by atoms with van der Waals surface area (Å²) in [6, 6.07) is 9.94. The third kappa shape index (κ3) is 3.18. The number of nitrogens with one attached hydrogen (secondary N) is 2. The van der Waals surface area contributed by atoms with Crippen molar-refractivity contribution in [3.63, 3.8) is 0 Å². The van der Waals surface area contributed by atoms with Crippen LogP contribution in [-0.2, 0) is 18.4 Å². The lowest BCUT2D eigenvalue weighted by atomic mass is 9.85. The molecule has 0 unspecified atom stereocenters. The topological polar surface area (TPSA) is 74.2 Å². The summed E-state index contributed by atoms with van der Waals surface area (Å²) >= 11 is 0. The molecule has 2 heterocycles. The van der Waals surface area contributed by atoms with Crippen molar-refractivity contribution in [1.29, 1.82) is 0 Å². The number of hydrogen-bond acceptors (Lipinski definition) is 4. The van der Waals surface area contributed by atoms with Crippen LogP contribution in [0.15, 0.2) is 30.3 Å². The number of amides is 1. The number of carbonyl (C=O) groups is 1. The molecule has 1 aliphatic rings. The Bertz CT molecular complexity index is 779. The van der Waals surface area contributed by atoms with Gasteiger partial charge in [-0.05, 0) is 41.6 Å². The van der Waals surface area contributed by atoms with Gasteiger partial charge in [0.15, 0.2) is 0 Å². The second kappa shape index (κ2) is 6.34. The Morgan fingerprint density at radius 1 is 1.29 bits per heavy atom. The maximum atomic E-state index is 12.2. The number of pyridine rings is 1. The Morgan fingerprint density at radius 3 is 2.79 bits per heavy atom. The van der Waals surface area contributed by atoms with Gasteiger partial charge in [0.05, 0.1) is 17.0 Å². The van der Waals surface area contributed by atoms with Gasteiger partial charge in [-0.15, -0.1) is 0 Å². The van der Waals surface area contributed by atoms with Crippen LogP contribution in [-0.4, -0.2) is 22.6 Å². The zero-order chi connectivity index (χ0) is 17.3. The molecule has 0 saturated heterocycles. The highest BCUT2D eigenvalue weighted by Gasteiger charge is 2.21. The number of nitrogens with zero attached hydrogens (tertiary/aromatic N) is 1. The molecule has 2 aromatic rings. The molecule has 1 aromatic heterocycles. The van der Waals surface area contributed by atoms with E-state index >= 15 is 0 Å². The molecule has 3 rings (SSSR count). The Hall–Kier alpha value is -2.24. The largest absolute Gasteiger partial charge is 0.311 e. The molecule has 0 fully saturated rings. The van der Waals surface area contributed by atoms with Crippen molar-refractivity contribution in [3.8, 4) is 11.3 Å². The van der Waals surface area contributed by atoms with Gasteiger partial charge in [-0.1, -0.05) is 39.0 Å². The number of hydroxylamine groups is 1. The molecule has 5 heteroatoms. The standard InChI is InChI=1S/C19H23N3O2/c1-19(2,3)14-6-4-5-13(9-14)17-15(18(23)22-24)10-12-7-8-20-11-16(12)21-17/h4-6,9-10,20,24H,7-8,11H2,1-3H3,(H,22,23). The number of aromatic nitrogens is 1. The molecule has 0 atom stereocenters. The van der Waals surface area contributed by atoms with Crippen molar-refractivity contribution in [1.82, 2.24) is 15.8 Å². The molecule has 1 aliphatic heterocycles. The summed E-state index contributed by atoms with van der Waals surface area (Å²) in [5.41, 5.74) is 6.85. The number of fused-ring (bicyclic) bond motifs is 1. The van der Waals surface area contributed by atoms with Crippen LogP contribution >= 0.6 is 0 Å². The Morgan fingerprint density at radius 2 is 2.08 bits per heavy atom. The fraction of sp³-hybridized carbons (Fsp3) is 0.368. The predicted octanol–water partition coefficient (Wildman–Crippen LogP) is 2.81. The van der Waals surface area contributed by atoms with E-state index in [4.69, 9.17) is 10.2 Å². The minimum absolute atomic E-state index is 0.00513. The van der Waals surface area contributed by atoms with Crippen molar-refractivity contribution in [2.75, 3.05) is 6.54 Å². The lowest BCUT2D eigenvalue weighted by molar-refractivity contribution is 0.0706. The Balaban J connectivity index is 2.17. The molecule has 0 saturated carbocycles. The van der Waals surface area contributed by atoms with Gasteiger partial charge >= 0.3 is 0 Å². The fourth-order valence-corrected chi connectivity index (χ4v) is 2.98. The van der Waals surface area contributed by atoms with Gasteiger partial charge in [0.25, 0.3) is 5.91 Å². The zero-order valence-electron chi connectivity index (χ0n) is 14.3. The zero-order valence-corrected chi connectivity index (χ0v) is 14.3. The second-order valence-electron chi connectivity index (χ2n) is 7.19. The van der Waals surface area contributed by atoms with E-state index in [9.17, 15) is 4.79 Å². The van der Waals surface area contributed by atoms with Crippen LogP contribution in [0, 0.1) is 0 Å². The third-order valence-electron chi connectivity index (χ3n) is 4.40. The van der Waals surface area contributed by atoms with Gasteiger partial charge in [0.2, 0.25) is 0 Å². The van der Waals surface area contributed by atoms with Crippen molar-refractivity contribution < 1.29 is 10.0 Å². The molecule has 0 spiro atoms. The summed E-state index contributed by atoms with van der Waals surface area (Å²) in [4.78, 5) is 16.9. The van der Waals surface area contributed by atoms with Crippen LogP contribution in [0.25, 0.3) is 11.3 Å². The van der Waals surface area contributed by atoms with Crippen LogP contribution in [0.2, 0.25) is 0 Å². The van der Waals surface area contributed by atoms with Gasteiger partial charge in [0.1, 0.15) is 0 Å². The molecular weight excluding hydrogens is 302 g/mol. The quantitative estimate of drug-likeness (QED) is 0.586. The van der Waals surface area contributed by atoms with E-state index in [-0.39, 0.29) is 5.41 Å². The summed E-state index contributed by atoms with van der Waals surface area (Å²) in [6.07, 6.45) is 0.830. The van der Waals surface area contributed by atoms with Crippen LogP contribution in [0.3, 0.4) is 0 Å². The van der Waals surface area contributed by atoms with Gasteiger partial charge in [-0.25, -0.2) is 5.48 Å². The van der Waals surface area contributed by atoms with Crippen LogP contribution in [0.5, 0.6) is 0 Å². The van der Waals surface area contributed by atoms with Gasteiger partial charge in [-0.2, -0.15) is 0 Å². The third-order valence-corrected chi connectivity index (χ3v) is 4.40. The van der Waals surface area contributed by atoms with Gasteiger partial charge in [0, 0.05) is 12.1 Å². The first kappa shape index (κ1) is 16.6. The average molecular weight is 325 g/mol. The van der Waals surface area contributed by atoms with Gasteiger partial charge < -0.3 is 5.32 Å². The van der Waals surface area contributed by atoms with Crippen molar-refractivity contribution in [2.24, 2.45) is 0 Å². The molecule has 1 amide bonds. The molecular formula is C19H23N3O2. The summed E-state index contributed by atoms with van der Waals surface area (Å²) in [5.74, 6) is -0.528. The summed E-state index contributed by atoms with van der Waals surface area (Å²) < 4.78 is 0. The highest BCUT2D eigenvalue weighted by Crippen LogP contribution is 2.30. The first-order valence-corrected chi connectivity index (χ1v) is 8.19. The molecule has 0 bridgehead atoms. The van der Waals surface area contributed by atoms with Crippen molar-refractivity contribution >= 4 is 5.91 Å². The van der Waals surface area contributed by atoms with Crippen molar-refractivity contribution in [2.45, 2.75) is 39.2 Å². The highest BCUT2D eigenvalue weighted by molar-refractivity contribution is 5.99. The summed E-state index contributed by atoms with van der Waals surface area (Å²) in [5, 5.41) is 12.4. The maximum absolute atomic E-state index is 12.2. The fourth-order valence-electron chi connectivity index (χ4n) is 2.98. The molecule has 3 N–H and O–H groups in total. The second-order valence-corrected chi connectivity index (χ2v) is 7.19. The van der Waals surface area contributed by atoms with E-state index in [1.807, 2.05) is 18.2 Å².